The van der Waals surface area contributed by atoms with Gasteiger partial charge in [0.15, 0.2) is 17.2 Å². The zero-order chi connectivity index (χ0) is 16.4. The van der Waals surface area contributed by atoms with E-state index in [4.69, 9.17) is 14.2 Å². The average Bonchev–Trinajstić information content (AvgIpc) is 2.96. The number of carbonyl (C=O) groups excluding carboxylic acids is 1. The number of amides is 1. The minimum absolute atomic E-state index is 0.0731. The number of halogens is 3. The number of fused-ring (bicyclic) bond motifs is 1. The molecule has 0 atom stereocenters. The molecule has 0 spiro atoms. The highest BCUT2D eigenvalue weighted by Gasteiger charge is 2.31. The van der Waals surface area contributed by atoms with E-state index in [-0.39, 0.29) is 24.6 Å². The van der Waals surface area contributed by atoms with Crippen LogP contribution in [0.15, 0.2) is 36.4 Å². The van der Waals surface area contributed by atoms with Crippen molar-refractivity contribution >= 4 is 12.1 Å². The van der Waals surface area contributed by atoms with Gasteiger partial charge in [-0.15, -0.1) is 0 Å². The van der Waals surface area contributed by atoms with E-state index in [1.54, 1.807) is 18.2 Å². The van der Waals surface area contributed by atoms with E-state index in [0.29, 0.717) is 17.2 Å². The molecule has 5 nitrogen and oxygen atoms in total. The van der Waals surface area contributed by atoms with Gasteiger partial charge in [-0.05, 0) is 30.3 Å². The third-order valence-corrected chi connectivity index (χ3v) is 3.09. The van der Waals surface area contributed by atoms with Crippen LogP contribution in [0, 0.1) is 0 Å². The minimum atomic E-state index is -4.52. The third kappa shape index (κ3) is 3.15. The Balaban J connectivity index is 1.91. The van der Waals surface area contributed by atoms with Crippen LogP contribution in [0.2, 0.25) is 0 Å². The van der Waals surface area contributed by atoms with Crippen LogP contribution < -0.4 is 19.5 Å². The summed E-state index contributed by atoms with van der Waals surface area (Å²) in [5.41, 5.74) is -0.979. The number of rotatable bonds is 4. The van der Waals surface area contributed by atoms with E-state index in [1.165, 1.54) is 0 Å². The molecule has 0 radical (unpaired) electrons. The van der Waals surface area contributed by atoms with E-state index in [1.807, 2.05) is 0 Å². The molecule has 3 rings (SSSR count). The molecule has 0 aliphatic carbocycles. The molecule has 2 aromatic carbocycles. The van der Waals surface area contributed by atoms with Crippen molar-refractivity contribution in [1.82, 2.24) is 0 Å². The number of carbonyl (C=O) groups is 1. The molecule has 0 fully saturated rings. The van der Waals surface area contributed by atoms with Gasteiger partial charge in [-0.25, -0.2) is 0 Å². The highest BCUT2D eigenvalue weighted by molar-refractivity contribution is 5.76. The second kappa shape index (κ2) is 5.71. The zero-order valence-corrected chi connectivity index (χ0v) is 11.5. The first-order valence-corrected chi connectivity index (χ1v) is 6.46. The van der Waals surface area contributed by atoms with Crippen molar-refractivity contribution in [2.75, 3.05) is 12.1 Å². The maximum Gasteiger partial charge on any atom is 0.416 e. The van der Waals surface area contributed by atoms with Gasteiger partial charge in [0.05, 0.1) is 11.3 Å². The standard InChI is InChI=1S/C15H10F3NO4/c16-15(17,18)9-1-3-12(11(5-9)19-7-20)23-10-2-4-13-14(6-10)22-8-21-13/h1-7H,8H2,(H,19,20). The van der Waals surface area contributed by atoms with Crippen molar-refractivity contribution < 1.29 is 32.2 Å². The van der Waals surface area contributed by atoms with Gasteiger partial charge in [0.2, 0.25) is 13.2 Å². The summed E-state index contributed by atoms with van der Waals surface area (Å²) < 4.78 is 54.1. The first-order chi connectivity index (χ1) is 11.0. The van der Waals surface area contributed by atoms with Crippen LogP contribution in [0.1, 0.15) is 5.56 Å². The van der Waals surface area contributed by atoms with Crippen molar-refractivity contribution in [3.63, 3.8) is 0 Å². The first kappa shape index (κ1) is 15.0. The average molecular weight is 325 g/mol. The Bertz CT molecular complexity index is 746. The lowest BCUT2D eigenvalue weighted by Crippen LogP contribution is -2.06. The van der Waals surface area contributed by atoms with Crippen molar-refractivity contribution in [3.8, 4) is 23.0 Å². The van der Waals surface area contributed by atoms with Crippen LogP contribution in [-0.2, 0) is 11.0 Å². The van der Waals surface area contributed by atoms with Crippen molar-refractivity contribution in [2.45, 2.75) is 6.18 Å². The molecule has 1 N–H and O–H groups in total. The number of alkyl halides is 3. The topological polar surface area (TPSA) is 56.8 Å². The normalized spacial score (nSPS) is 12.8. The van der Waals surface area contributed by atoms with Crippen molar-refractivity contribution in [2.24, 2.45) is 0 Å². The maximum atomic E-state index is 12.7. The second-order valence-corrected chi connectivity index (χ2v) is 4.59. The zero-order valence-electron chi connectivity index (χ0n) is 11.5. The molecular weight excluding hydrogens is 315 g/mol. The molecule has 2 aromatic rings. The molecule has 0 saturated carbocycles. The van der Waals surface area contributed by atoms with Crippen LogP contribution in [0.4, 0.5) is 18.9 Å². The van der Waals surface area contributed by atoms with Gasteiger partial charge in [0.25, 0.3) is 0 Å². The number of hydrogen-bond acceptors (Lipinski definition) is 4. The Morgan fingerprint density at radius 2 is 1.87 bits per heavy atom. The summed E-state index contributed by atoms with van der Waals surface area (Å²) in [4.78, 5) is 10.6. The molecule has 0 unspecified atom stereocenters. The van der Waals surface area contributed by atoms with Crippen LogP contribution in [0.25, 0.3) is 0 Å². The summed E-state index contributed by atoms with van der Waals surface area (Å²) in [6, 6.07) is 7.56. The number of anilines is 1. The number of hydrogen-bond donors (Lipinski definition) is 1. The van der Waals surface area contributed by atoms with Crippen LogP contribution in [0.3, 0.4) is 0 Å². The molecule has 8 heteroatoms. The van der Waals surface area contributed by atoms with Crippen molar-refractivity contribution in [1.29, 1.82) is 0 Å². The van der Waals surface area contributed by atoms with Crippen LogP contribution >= 0.6 is 0 Å². The molecule has 0 aromatic heterocycles. The van der Waals surface area contributed by atoms with Gasteiger partial charge < -0.3 is 19.5 Å². The highest BCUT2D eigenvalue weighted by atomic mass is 19.4. The molecule has 1 amide bonds. The van der Waals surface area contributed by atoms with Crippen LogP contribution in [-0.4, -0.2) is 13.2 Å². The Labute approximate surface area is 128 Å². The van der Waals surface area contributed by atoms with Crippen LogP contribution in [0.5, 0.6) is 23.0 Å². The summed E-state index contributed by atoms with van der Waals surface area (Å²) in [6.45, 7) is 0.0943. The van der Waals surface area contributed by atoms with E-state index < -0.39 is 11.7 Å². The lowest BCUT2D eigenvalue weighted by Gasteiger charge is -2.13. The lowest BCUT2D eigenvalue weighted by atomic mass is 10.1. The van der Waals surface area contributed by atoms with Gasteiger partial charge >= 0.3 is 6.18 Å². The number of ether oxygens (including phenoxy) is 3. The van der Waals surface area contributed by atoms with E-state index >= 15 is 0 Å². The quantitative estimate of drug-likeness (QED) is 0.869. The predicted octanol–water partition coefficient (Wildman–Crippen LogP) is 3.79. The lowest BCUT2D eigenvalue weighted by molar-refractivity contribution is -0.137. The van der Waals surface area contributed by atoms with Gasteiger partial charge in [-0.1, -0.05) is 0 Å². The molecule has 120 valence electrons. The fraction of sp³-hybridized carbons (Fsp3) is 0.133. The van der Waals surface area contributed by atoms with E-state index in [9.17, 15) is 18.0 Å². The van der Waals surface area contributed by atoms with E-state index in [2.05, 4.69) is 5.32 Å². The molecule has 1 aliphatic rings. The monoisotopic (exact) mass is 325 g/mol. The largest absolute Gasteiger partial charge is 0.455 e. The van der Waals surface area contributed by atoms with Crippen molar-refractivity contribution in [3.05, 3.63) is 42.0 Å². The first-order valence-electron chi connectivity index (χ1n) is 6.46. The molecule has 0 bridgehead atoms. The highest BCUT2D eigenvalue weighted by Crippen LogP contribution is 2.39. The predicted molar refractivity (Wildman–Crippen MR) is 73.8 cm³/mol. The maximum absolute atomic E-state index is 12.7. The SMILES string of the molecule is O=CNc1cc(C(F)(F)F)ccc1Oc1ccc2c(c1)OCO2. The summed E-state index contributed by atoms with van der Waals surface area (Å²) in [7, 11) is 0. The number of benzene rings is 2. The molecular formula is C15H10F3NO4. The summed E-state index contributed by atoms with van der Waals surface area (Å²) in [5, 5.41) is 2.20. The summed E-state index contributed by atoms with van der Waals surface area (Å²) in [5.74, 6) is 1.43. The Hall–Kier alpha value is -2.90. The fourth-order valence-electron chi connectivity index (χ4n) is 2.04. The number of nitrogens with one attached hydrogen (secondary N) is 1. The Kier molecular flexibility index (Phi) is 3.73. The van der Waals surface area contributed by atoms with Gasteiger partial charge in [0.1, 0.15) is 5.75 Å². The van der Waals surface area contributed by atoms with Gasteiger partial charge in [-0.3, -0.25) is 4.79 Å². The molecule has 23 heavy (non-hydrogen) atoms. The molecule has 1 heterocycles. The van der Waals surface area contributed by atoms with E-state index in [0.717, 1.165) is 18.2 Å². The second-order valence-electron chi connectivity index (χ2n) is 4.59. The Morgan fingerprint density at radius 3 is 2.61 bits per heavy atom. The Morgan fingerprint density at radius 1 is 1.09 bits per heavy atom. The third-order valence-electron chi connectivity index (χ3n) is 3.09. The van der Waals surface area contributed by atoms with Gasteiger partial charge in [-0.2, -0.15) is 13.2 Å². The van der Waals surface area contributed by atoms with Gasteiger partial charge in [0, 0.05) is 6.07 Å². The summed E-state index contributed by atoms with van der Waals surface area (Å²) in [6.07, 6.45) is -4.24. The minimum Gasteiger partial charge on any atom is -0.455 e. The fourth-order valence-corrected chi connectivity index (χ4v) is 2.04. The molecule has 1 aliphatic heterocycles. The summed E-state index contributed by atoms with van der Waals surface area (Å²) >= 11 is 0. The smallest absolute Gasteiger partial charge is 0.416 e. The molecule has 0 saturated heterocycles.